The van der Waals surface area contributed by atoms with Crippen molar-refractivity contribution in [3.05, 3.63) is 28.8 Å². The highest BCUT2D eigenvalue weighted by Crippen LogP contribution is 2.32. The second kappa shape index (κ2) is 11.9. The Morgan fingerprint density at radius 1 is 1.25 bits per heavy atom. The summed E-state index contributed by atoms with van der Waals surface area (Å²) < 4.78 is 10.9. The maximum Gasteiger partial charge on any atom is 0.227 e. The fourth-order valence-electron chi connectivity index (χ4n) is 3.95. The Bertz CT molecular complexity index is 785. The third-order valence-electron chi connectivity index (χ3n) is 5.94. The highest BCUT2D eigenvalue weighted by molar-refractivity contribution is 6.32. The standard InChI is InChI=1S/C24H36ClN3O4/c1-16(2)23(29)27-19-12-18(13-26-14-19)24(30)28(20-6-7-20)15-17-5-8-21(25)22(11-17)32-10-4-9-31-3/h5,8,11,16,18-20,26H,4,6-7,9-10,12-15H2,1-3H3,(H,27,29)/t18-,19-/m0/s1. The number of nitrogens with one attached hydrogen (secondary N) is 2. The van der Waals surface area contributed by atoms with E-state index < -0.39 is 0 Å². The Labute approximate surface area is 196 Å². The van der Waals surface area contributed by atoms with Crippen LogP contribution in [0, 0.1) is 11.8 Å². The van der Waals surface area contributed by atoms with Gasteiger partial charge in [0, 0.05) is 57.8 Å². The Morgan fingerprint density at radius 3 is 2.72 bits per heavy atom. The monoisotopic (exact) mass is 465 g/mol. The van der Waals surface area contributed by atoms with E-state index in [1.54, 1.807) is 7.11 Å². The fourth-order valence-corrected chi connectivity index (χ4v) is 4.13. The van der Waals surface area contributed by atoms with Crippen molar-refractivity contribution < 1.29 is 19.1 Å². The van der Waals surface area contributed by atoms with Gasteiger partial charge in [-0.15, -0.1) is 0 Å². The summed E-state index contributed by atoms with van der Waals surface area (Å²) in [6, 6.07) is 5.99. The summed E-state index contributed by atoms with van der Waals surface area (Å²) in [5, 5.41) is 6.96. The normalized spacial score (nSPS) is 20.8. The Morgan fingerprint density at radius 2 is 2.03 bits per heavy atom. The molecule has 1 saturated carbocycles. The molecule has 8 heteroatoms. The van der Waals surface area contributed by atoms with E-state index in [0.29, 0.717) is 50.0 Å². The van der Waals surface area contributed by atoms with Crippen molar-refractivity contribution in [2.24, 2.45) is 11.8 Å². The van der Waals surface area contributed by atoms with Gasteiger partial charge in [0.05, 0.1) is 17.5 Å². The highest BCUT2D eigenvalue weighted by atomic mass is 35.5. The number of hydrogen-bond acceptors (Lipinski definition) is 5. The second-order valence-electron chi connectivity index (χ2n) is 9.11. The second-order valence-corrected chi connectivity index (χ2v) is 9.52. The smallest absolute Gasteiger partial charge is 0.227 e. The molecule has 32 heavy (non-hydrogen) atoms. The van der Waals surface area contributed by atoms with Crippen molar-refractivity contribution in [3.63, 3.8) is 0 Å². The van der Waals surface area contributed by atoms with E-state index in [1.807, 2.05) is 36.9 Å². The lowest BCUT2D eigenvalue weighted by molar-refractivity contribution is -0.138. The molecule has 1 saturated heterocycles. The van der Waals surface area contributed by atoms with E-state index in [-0.39, 0.29) is 35.7 Å². The Hall–Kier alpha value is -1.83. The van der Waals surface area contributed by atoms with Crippen molar-refractivity contribution in [1.82, 2.24) is 15.5 Å². The average molecular weight is 466 g/mol. The van der Waals surface area contributed by atoms with Gasteiger partial charge in [-0.1, -0.05) is 31.5 Å². The molecule has 3 rings (SSSR count). The van der Waals surface area contributed by atoms with Crippen molar-refractivity contribution in [2.45, 2.75) is 58.2 Å². The van der Waals surface area contributed by atoms with Crippen molar-refractivity contribution >= 4 is 23.4 Å². The molecule has 2 aliphatic rings. The number of ether oxygens (including phenoxy) is 2. The summed E-state index contributed by atoms with van der Waals surface area (Å²) in [5.74, 6) is 0.618. The minimum Gasteiger partial charge on any atom is -0.492 e. The Kier molecular flexibility index (Phi) is 9.20. The largest absolute Gasteiger partial charge is 0.492 e. The number of amides is 2. The molecule has 1 aliphatic carbocycles. The number of rotatable bonds is 11. The van der Waals surface area contributed by atoms with Crippen LogP contribution in [-0.4, -0.2) is 62.2 Å². The summed E-state index contributed by atoms with van der Waals surface area (Å²) in [6.45, 7) is 6.80. The van der Waals surface area contributed by atoms with Crippen LogP contribution in [0.2, 0.25) is 5.02 Å². The molecule has 0 unspecified atom stereocenters. The van der Waals surface area contributed by atoms with E-state index in [9.17, 15) is 9.59 Å². The number of methoxy groups -OCH3 is 1. The van der Waals surface area contributed by atoms with E-state index in [2.05, 4.69) is 10.6 Å². The molecule has 2 fully saturated rings. The zero-order chi connectivity index (χ0) is 23.1. The molecule has 0 spiro atoms. The number of nitrogens with zero attached hydrogens (tertiary/aromatic N) is 1. The number of carbonyl (C=O) groups excluding carboxylic acids is 2. The molecule has 1 aliphatic heterocycles. The summed E-state index contributed by atoms with van der Waals surface area (Å²) in [7, 11) is 1.67. The molecule has 2 N–H and O–H groups in total. The first-order valence-electron chi connectivity index (χ1n) is 11.6. The van der Waals surface area contributed by atoms with Crippen molar-refractivity contribution in [1.29, 1.82) is 0 Å². The first-order valence-corrected chi connectivity index (χ1v) is 12.0. The molecular weight excluding hydrogens is 430 g/mol. The fraction of sp³-hybridized carbons (Fsp3) is 0.667. The van der Waals surface area contributed by atoms with Gasteiger partial charge in [-0.05, 0) is 37.0 Å². The van der Waals surface area contributed by atoms with Crippen molar-refractivity contribution in [2.75, 3.05) is 33.4 Å². The topological polar surface area (TPSA) is 79.9 Å². The predicted molar refractivity (Wildman–Crippen MR) is 125 cm³/mol. The molecule has 1 heterocycles. The molecule has 1 aromatic carbocycles. The summed E-state index contributed by atoms with van der Waals surface area (Å²) >= 11 is 6.30. The van der Waals surface area contributed by atoms with Gasteiger partial charge in [-0.3, -0.25) is 9.59 Å². The van der Waals surface area contributed by atoms with Crippen LogP contribution in [0.25, 0.3) is 0 Å². The summed E-state index contributed by atoms with van der Waals surface area (Å²) in [5.41, 5.74) is 1.00. The predicted octanol–water partition coefficient (Wildman–Crippen LogP) is 3.00. The number of benzene rings is 1. The minimum absolute atomic E-state index is 0.0173. The van der Waals surface area contributed by atoms with E-state index in [4.69, 9.17) is 21.1 Å². The van der Waals surface area contributed by atoms with Gasteiger partial charge < -0.3 is 25.0 Å². The summed E-state index contributed by atoms with van der Waals surface area (Å²) in [6.07, 6.45) is 3.52. The first-order chi connectivity index (χ1) is 15.4. The molecule has 0 aromatic heterocycles. The first kappa shape index (κ1) is 24.8. The Balaban J connectivity index is 1.63. The van der Waals surface area contributed by atoms with Crippen LogP contribution in [0.4, 0.5) is 0 Å². The van der Waals surface area contributed by atoms with Gasteiger partial charge in [0.1, 0.15) is 5.75 Å². The molecule has 178 valence electrons. The zero-order valence-corrected chi connectivity index (χ0v) is 20.1. The number of carbonyl (C=O) groups is 2. The third-order valence-corrected chi connectivity index (χ3v) is 6.25. The molecule has 2 atom stereocenters. The molecular formula is C24H36ClN3O4. The van der Waals surface area contributed by atoms with Gasteiger partial charge >= 0.3 is 0 Å². The average Bonchev–Trinajstić information content (AvgIpc) is 3.61. The van der Waals surface area contributed by atoms with Crippen LogP contribution < -0.4 is 15.4 Å². The van der Waals surface area contributed by atoms with E-state index in [0.717, 1.165) is 24.8 Å². The van der Waals surface area contributed by atoms with Gasteiger partial charge in [-0.25, -0.2) is 0 Å². The lowest BCUT2D eigenvalue weighted by Gasteiger charge is -2.34. The zero-order valence-electron chi connectivity index (χ0n) is 19.4. The van der Waals surface area contributed by atoms with Crippen molar-refractivity contribution in [3.8, 4) is 5.75 Å². The lowest BCUT2D eigenvalue weighted by atomic mass is 9.93. The van der Waals surface area contributed by atoms with Crippen LogP contribution >= 0.6 is 11.6 Å². The molecule has 0 bridgehead atoms. The van der Waals surface area contributed by atoms with Gasteiger partial charge in [0.2, 0.25) is 11.8 Å². The van der Waals surface area contributed by atoms with Crippen LogP contribution in [0.3, 0.4) is 0 Å². The SMILES string of the molecule is COCCCOc1cc(CN(C(=O)[C@@H]2CNC[C@@H](NC(=O)C(C)C)C2)C2CC2)ccc1Cl. The highest BCUT2D eigenvalue weighted by Gasteiger charge is 2.38. The number of hydrogen-bond donors (Lipinski definition) is 2. The quantitative estimate of drug-likeness (QED) is 0.491. The maximum absolute atomic E-state index is 13.4. The molecule has 7 nitrogen and oxygen atoms in total. The van der Waals surface area contributed by atoms with Gasteiger partial charge in [-0.2, -0.15) is 0 Å². The number of halogens is 1. The third kappa shape index (κ3) is 7.09. The van der Waals surface area contributed by atoms with Crippen LogP contribution in [-0.2, 0) is 20.9 Å². The molecule has 0 radical (unpaired) electrons. The van der Waals surface area contributed by atoms with E-state index >= 15 is 0 Å². The lowest BCUT2D eigenvalue weighted by Crippen LogP contribution is -2.53. The van der Waals surface area contributed by atoms with Gasteiger partial charge in [0.25, 0.3) is 0 Å². The van der Waals surface area contributed by atoms with E-state index in [1.165, 1.54) is 0 Å². The molecule has 2 amide bonds. The number of piperidine rings is 1. The van der Waals surface area contributed by atoms with Crippen LogP contribution in [0.15, 0.2) is 18.2 Å². The summed E-state index contributed by atoms with van der Waals surface area (Å²) in [4.78, 5) is 27.5. The van der Waals surface area contributed by atoms with Crippen LogP contribution in [0.5, 0.6) is 5.75 Å². The maximum atomic E-state index is 13.4. The molecule has 1 aromatic rings. The van der Waals surface area contributed by atoms with Crippen LogP contribution in [0.1, 0.15) is 45.1 Å². The minimum atomic E-state index is -0.140. The van der Waals surface area contributed by atoms with Gasteiger partial charge in [0.15, 0.2) is 0 Å².